The van der Waals surface area contributed by atoms with Crippen molar-refractivity contribution in [1.29, 1.82) is 0 Å². The van der Waals surface area contributed by atoms with E-state index in [0.717, 1.165) is 18.5 Å². The van der Waals surface area contributed by atoms with E-state index in [4.69, 9.17) is 0 Å². The van der Waals surface area contributed by atoms with Crippen molar-refractivity contribution in [3.63, 3.8) is 0 Å². The molecular formula is C8H11BN2O2. The summed E-state index contributed by atoms with van der Waals surface area (Å²) in [4.78, 5) is 9.93. The third-order valence-electron chi connectivity index (χ3n) is 1.81. The Balaban J connectivity index is 2.64. The molecule has 0 heterocycles. The second kappa shape index (κ2) is 4.62. The number of nitrogens with zero attached hydrogens (tertiary/aromatic N) is 1. The van der Waals surface area contributed by atoms with Gasteiger partial charge in [-0.3, -0.25) is 10.1 Å². The van der Waals surface area contributed by atoms with Crippen LogP contribution in [0, 0.1) is 10.1 Å². The van der Waals surface area contributed by atoms with Crippen LogP contribution in [0.3, 0.4) is 0 Å². The molecule has 0 bridgehead atoms. The molecule has 0 unspecified atom stereocenters. The van der Waals surface area contributed by atoms with Crippen molar-refractivity contribution in [2.75, 3.05) is 6.54 Å². The predicted octanol–water partition coefficient (Wildman–Crippen LogP) is 0.275. The van der Waals surface area contributed by atoms with Crippen LogP contribution < -0.4 is 5.23 Å². The second-order valence-electron chi connectivity index (χ2n) is 2.78. The van der Waals surface area contributed by atoms with Gasteiger partial charge in [0.15, 0.2) is 7.98 Å². The van der Waals surface area contributed by atoms with E-state index in [1.54, 1.807) is 12.1 Å². The van der Waals surface area contributed by atoms with Gasteiger partial charge < -0.3 is 5.23 Å². The molecule has 0 aliphatic heterocycles. The maximum atomic E-state index is 10.3. The van der Waals surface area contributed by atoms with Gasteiger partial charge in [0.1, 0.15) is 0 Å². The number of nitro groups is 1. The Kier molecular flexibility index (Phi) is 3.46. The smallest absolute Gasteiger partial charge is 0.269 e. The van der Waals surface area contributed by atoms with Gasteiger partial charge in [0.25, 0.3) is 5.69 Å². The summed E-state index contributed by atoms with van der Waals surface area (Å²) < 4.78 is 0. The van der Waals surface area contributed by atoms with Crippen molar-refractivity contribution < 1.29 is 4.92 Å². The Morgan fingerprint density at radius 2 is 2.00 bits per heavy atom. The van der Waals surface area contributed by atoms with Crippen LogP contribution in [-0.4, -0.2) is 19.4 Å². The van der Waals surface area contributed by atoms with Gasteiger partial charge in [-0.15, -0.1) is 0 Å². The van der Waals surface area contributed by atoms with Crippen molar-refractivity contribution in [3.05, 3.63) is 39.9 Å². The summed E-state index contributed by atoms with van der Waals surface area (Å²) in [5.41, 5.74) is 1.26. The highest BCUT2D eigenvalue weighted by Crippen LogP contribution is 2.11. The maximum absolute atomic E-state index is 10.3. The highest BCUT2D eigenvalue weighted by atomic mass is 16.6. The van der Waals surface area contributed by atoms with Crippen LogP contribution in [-0.2, 0) is 6.42 Å². The van der Waals surface area contributed by atoms with Crippen molar-refractivity contribution >= 4 is 13.7 Å². The number of rotatable bonds is 4. The van der Waals surface area contributed by atoms with Crippen molar-refractivity contribution in [3.8, 4) is 0 Å². The Bertz CT molecular complexity index is 287. The number of non-ortho nitro benzene ring substituents is 1. The molecular weight excluding hydrogens is 167 g/mol. The lowest BCUT2D eigenvalue weighted by Gasteiger charge is -1.99. The van der Waals surface area contributed by atoms with Crippen LogP contribution in [0.5, 0.6) is 0 Å². The summed E-state index contributed by atoms with van der Waals surface area (Å²) in [5.74, 6) is 0. The van der Waals surface area contributed by atoms with Crippen molar-refractivity contribution in [2.24, 2.45) is 0 Å². The molecule has 0 aliphatic rings. The second-order valence-corrected chi connectivity index (χ2v) is 2.78. The molecule has 0 spiro atoms. The summed E-state index contributed by atoms with van der Waals surface area (Å²) in [6.45, 7) is 0.887. The number of benzene rings is 1. The van der Waals surface area contributed by atoms with E-state index in [9.17, 15) is 10.1 Å². The monoisotopic (exact) mass is 178 g/mol. The Labute approximate surface area is 77.5 Å². The lowest BCUT2D eigenvalue weighted by atomic mass is 10.1. The normalized spacial score (nSPS) is 9.85. The largest absolute Gasteiger partial charge is 0.362 e. The zero-order chi connectivity index (χ0) is 9.68. The zero-order valence-corrected chi connectivity index (χ0v) is 7.49. The minimum Gasteiger partial charge on any atom is -0.362 e. The van der Waals surface area contributed by atoms with Crippen LogP contribution >= 0.6 is 0 Å². The molecule has 0 fully saturated rings. The molecule has 1 aromatic carbocycles. The molecule has 0 saturated carbocycles. The minimum atomic E-state index is -0.387. The summed E-state index contributed by atoms with van der Waals surface area (Å²) in [6.07, 6.45) is 0.897. The number of hydrogen-bond donors (Lipinski definition) is 1. The fraction of sp³-hybridized carbons (Fsp3) is 0.250. The van der Waals surface area contributed by atoms with Crippen LogP contribution in [0.1, 0.15) is 5.56 Å². The van der Waals surface area contributed by atoms with Crippen LogP contribution in [0.25, 0.3) is 0 Å². The first-order valence-electron chi connectivity index (χ1n) is 4.12. The highest BCUT2D eigenvalue weighted by Gasteiger charge is 2.02. The van der Waals surface area contributed by atoms with Gasteiger partial charge in [0.2, 0.25) is 0 Å². The van der Waals surface area contributed by atoms with Crippen molar-refractivity contribution in [2.45, 2.75) is 6.42 Å². The minimum absolute atomic E-state index is 0.146. The Hall–Kier alpha value is -1.36. The van der Waals surface area contributed by atoms with E-state index in [1.165, 1.54) is 12.1 Å². The highest BCUT2D eigenvalue weighted by molar-refractivity contribution is 6.04. The lowest BCUT2D eigenvalue weighted by Crippen LogP contribution is -2.12. The third-order valence-corrected chi connectivity index (χ3v) is 1.81. The molecule has 4 nitrogen and oxygen atoms in total. The summed E-state index contributed by atoms with van der Waals surface area (Å²) in [5, 5.41) is 13.3. The molecule has 0 aliphatic carbocycles. The predicted molar refractivity (Wildman–Crippen MR) is 53.3 cm³/mol. The summed E-state index contributed by atoms with van der Waals surface area (Å²) in [6, 6.07) is 6.64. The fourth-order valence-electron chi connectivity index (χ4n) is 1.05. The summed E-state index contributed by atoms with van der Waals surface area (Å²) in [7, 11) is 1.88. The zero-order valence-electron chi connectivity index (χ0n) is 7.49. The van der Waals surface area contributed by atoms with Crippen LogP contribution in [0.15, 0.2) is 24.3 Å². The van der Waals surface area contributed by atoms with Crippen molar-refractivity contribution in [1.82, 2.24) is 5.23 Å². The molecule has 68 valence electrons. The van der Waals surface area contributed by atoms with Crippen LogP contribution in [0.4, 0.5) is 5.69 Å². The van der Waals surface area contributed by atoms with E-state index in [2.05, 4.69) is 5.23 Å². The molecule has 1 rings (SSSR count). The lowest BCUT2D eigenvalue weighted by molar-refractivity contribution is -0.384. The fourth-order valence-corrected chi connectivity index (χ4v) is 1.05. The average molecular weight is 178 g/mol. The maximum Gasteiger partial charge on any atom is 0.269 e. The number of nitro benzene ring substituents is 1. The van der Waals surface area contributed by atoms with Gasteiger partial charge in [-0.25, -0.2) is 0 Å². The molecule has 0 atom stereocenters. The van der Waals surface area contributed by atoms with Gasteiger partial charge in [-0.2, -0.15) is 0 Å². The van der Waals surface area contributed by atoms with E-state index in [-0.39, 0.29) is 10.6 Å². The SMILES string of the molecule is BNCCc1ccc([N+](=O)[O-])cc1. The molecule has 1 N–H and O–H groups in total. The first-order valence-corrected chi connectivity index (χ1v) is 4.12. The topological polar surface area (TPSA) is 55.2 Å². The molecule has 13 heavy (non-hydrogen) atoms. The Morgan fingerprint density at radius 3 is 2.46 bits per heavy atom. The van der Waals surface area contributed by atoms with E-state index in [1.807, 2.05) is 7.98 Å². The van der Waals surface area contributed by atoms with Gasteiger partial charge in [-0.05, 0) is 18.5 Å². The summed E-state index contributed by atoms with van der Waals surface area (Å²) >= 11 is 0. The quantitative estimate of drug-likeness (QED) is 0.409. The van der Waals surface area contributed by atoms with Gasteiger partial charge in [0, 0.05) is 12.1 Å². The average Bonchev–Trinajstić information content (AvgIpc) is 2.15. The molecule has 0 saturated heterocycles. The molecule has 0 radical (unpaired) electrons. The molecule has 0 aromatic heterocycles. The van der Waals surface area contributed by atoms with Crippen LogP contribution in [0.2, 0.25) is 0 Å². The molecule has 1 aromatic rings. The first-order chi connectivity index (χ1) is 6.24. The van der Waals surface area contributed by atoms with Gasteiger partial charge in [-0.1, -0.05) is 12.1 Å². The first kappa shape index (κ1) is 9.73. The Morgan fingerprint density at radius 1 is 1.38 bits per heavy atom. The van der Waals surface area contributed by atoms with E-state index in [0.29, 0.717) is 0 Å². The van der Waals surface area contributed by atoms with E-state index >= 15 is 0 Å². The number of hydrogen-bond acceptors (Lipinski definition) is 3. The molecule has 5 heteroatoms. The molecule has 0 amide bonds. The van der Waals surface area contributed by atoms with E-state index < -0.39 is 0 Å². The van der Waals surface area contributed by atoms with Gasteiger partial charge >= 0.3 is 0 Å². The third kappa shape index (κ3) is 2.87. The van der Waals surface area contributed by atoms with Gasteiger partial charge in [0.05, 0.1) is 4.92 Å². The number of nitrogens with one attached hydrogen (secondary N) is 1. The standard InChI is InChI=1S/C8H11BN2O2/c9-10-6-5-7-1-3-8(4-2-7)11(12)13/h1-4,10H,5-6,9H2.